The number of carbonyl (C=O) groups is 1. The fourth-order valence-electron chi connectivity index (χ4n) is 3.57. The monoisotopic (exact) mass is 394 g/mol. The third-order valence-corrected chi connectivity index (χ3v) is 5.38. The number of carbonyl (C=O) groups excluding carboxylic acids is 1. The van der Waals surface area contributed by atoms with E-state index in [0.29, 0.717) is 12.0 Å². The molecule has 0 spiro atoms. The van der Waals surface area contributed by atoms with Crippen molar-refractivity contribution in [3.8, 4) is 0 Å². The molecule has 0 saturated carbocycles. The van der Waals surface area contributed by atoms with Crippen LogP contribution in [-0.4, -0.2) is 35.2 Å². The van der Waals surface area contributed by atoms with Crippen LogP contribution >= 0.6 is 0 Å². The quantitative estimate of drug-likeness (QED) is 0.381. The van der Waals surface area contributed by atoms with Crippen LogP contribution in [0.1, 0.15) is 49.4 Å². The van der Waals surface area contributed by atoms with Crippen LogP contribution in [-0.2, 0) is 11.3 Å². The van der Waals surface area contributed by atoms with Crippen LogP contribution in [0.4, 0.5) is 5.69 Å². The lowest BCUT2D eigenvalue weighted by Crippen LogP contribution is -2.42. The lowest BCUT2D eigenvalue weighted by molar-refractivity contribution is -0.124. The number of rotatable bonds is 7. The summed E-state index contributed by atoms with van der Waals surface area (Å²) >= 11 is 0. The molecule has 1 aliphatic rings. The first-order valence-electron chi connectivity index (χ1n) is 10.2. The molecule has 0 radical (unpaired) electrons. The number of nitrogens with one attached hydrogen (secondary N) is 2. The first kappa shape index (κ1) is 21.0. The zero-order valence-corrected chi connectivity index (χ0v) is 17.1. The van der Waals surface area contributed by atoms with Gasteiger partial charge in [0.25, 0.3) is 5.91 Å². The lowest BCUT2D eigenvalue weighted by atomic mass is 10.0. The molecular formula is C23H30N4O2. The zero-order valence-electron chi connectivity index (χ0n) is 17.1. The highest BCUT2D eigenvalue weighted by atomic mass is 16.5. The molecule has 1 aliphatic heterocycles. The fourth-order valence-corrected chi connectivity index (χ4v) is 3.57. The Balaban J connectivity index is 1.53. The van der Waals surface area contributed by atoms with Crippen LogP contribution < -0.4 is 15.7 Å². The Morgan fingerprint density at radius 3 is 2.66 bits per heavy atom. The number of hydroxylamine groups is 1. The average Bonchev–Trinajstić information content (AvgIpc) is 2.77. The molecule has 2 aromatic rings. The number of para-hydroxylation sites is 1. The Hall–Kier alpha value is -2.70. The van der Waals surface area contributed by atoms with Crippen molar-refractivity contribution in [1.82, 2.24) is 15.8 Å². The van der Waals surface area contributed by atoms with Crippen molar-refractivity contribution in [2.45, 2.75) is 45.2 Å². The molecule has 1 aromatic carbocycles. The summed E-state index contributed by atoms with van der Waals surface area (Å²) in [5.74, 6) is -0.0256. The zero-order chi connectivity index (χ0) is 20.6. The van der Waals surface area contributed by atoms with E-state index in [2.05, 4.69) is 47.2 Å². The minimum atomic E-state index is -0.530. The third-order valence-electron chi connectivity index (χ3n) is 5.38. The SMILES string of the molecule is CC(C)c1ccc(CNC2CCN(c3ccccc3/C=C/C(=O)NO)CC2)nc1. The number of benzene rings is 1. The maximum atomic E-state index is 11.3. The molecule has 154 valence electrons. The van der Waals surface area contributed by atoms with Crippen LogP contribution in [0.3, 0.4) is 0 Å². The van der Waals surface area contributed by atoms with Crippen molar-refractivity contribution in [2.24, 2.45) is 0 Å². The van der Waals surface area contributed by atoms with Crippen molar-refractivity contribution in [2.75, 3.05) is 18.0 Å². The van der Waals surface area contributed by atoms with Gasteiger partial charge in [-0.1, -0.05) is 38.1 Å². The second-order valence-electron chi connectivity index (χ2n) is 7.75. The fraction of sp³-hybridized carbons (Fsp3) is 0.391. The summed E-state index contributed by atoms with van der Waals surface area (Å²) in [5, 5.41) is 12.3. The third kappa shape index (κ3) is 5.89. The summed E-state index contributed by atoms with van der Waals surface area (Å²) in [5.41, 5.74) is 6.05. The van der Waals surface area contributed by atoms with Crippen molar-refractivity contribution >= 4 is 17.7 Å². The van der Waals surface area contributed by atoms with Crippen molar-refractivity contribution < 1.29 is 10.0 Å². The molecule has 6 nitrogen and oxygen atoms in total. The Bertz CT molecular complexity index is 825. The van der Waals surface area contributed by atoms with E-state index in [1.165, 1.54) is 11.6 Å². The Labute approximate surface area is 172 Å². The summed E-state index contributed by atoms with van der Waals surface area (Å²) in [6.07, 6.45) is 7.16. The number of pyridine rings is 1. The molecule has 1 amide bonds. The molecule has 29 heavy (non-hydrogen) atoms. The van der Waals surface area contributed by atoms with E-state index in [0.717, 1.165) is 49.4 Å². The molecule has 3 N–H and O–H groups in total. The van der Waals surface area contributed by atoms with Crippen molar-refractivity contribution in [1.29, 1.82) is 0 Å². The number of nitrogens with zero attached hydrogens (tertiary/aromatic N) is 2. The summed E-state index contributed by atoms with van der Waals surface area (Å²) in [7, 11) is 0. The van der Waals surface area contributed by atoms with Gasteiger partial charge in [-0.2, -0.15) is 0 Å². The van der Waals surface area contributed by atoms with Gasteiger partial charge in [0.2, 0.25) is 0 Å². The Morgan fingerprint density at radius 1 is 1.24 bits per heavy atom. The van der Waals surface area contributed by atoms with E-state index in [9.17, 15) is 4.79 Å². The molecule has 3 rings (SSSR count). The van der Waals surface area contributed by atoms with E-state index >= 15 is 0 Å². The van der Waals surface area contributed by atoms with Crippen LogP contribution in [0.2, 0.25) is 0 Å². The average molecular weight is 395 g/mol. The van der Waals surface area contributed by atoms with E-state index in [-0.39, 0.29) is 0 Å². The first-order valence-corrected chi connectivity index (χ1v) is 10.2. The number of hydrogen-bond acceptors (Lipinski definition) is 5. The molecule has 6 heteroatoms. The lowest BCUT2D eigenvalue weighted by Gasteiger charge is -2.35. The van der Waals surface area contributed by atoms with Gasteiger partial charge in [-0.3, -0.25) is 15.0 Å². The van der Waals surface area contributed by atoms with Crippen LogP contribution in [0.15, 0.2) is 48.7 Å². The second-order valence-corrected chi connectivity index (χ2v) is 7.75. The molecule has 0 atom stereocenters. The minimum Gasteiger partial charge on any atom is -0.371 e. The Morgan fingerprint density at radius 2 is 2.00 bits per heavy atom. The van der Waals surface area contributed by atoms with Gasteiger partial charge in [0.15, 0.2) is 0 Å². The van der Waals surface area contributed by atoms with E-state index in [4.69, 9.17) is 5.21 Å². The Kier molecular flexibility index (Phi) is 7.38. The van der Waals surface area contributed by atoms with Crippen molar-refractivity contribution in [3.05, 3.63) is 65.5 Å². The van der Waals surface area contributed by atoms with Gasteiger partial charge >= 0.3 is 0 Å². The van der Waals surface area contributed by atoms with E-state index < -0.39 is 5.91 Å². The molecular weight excluding hydrogens is 364 g/mol. The molecule has 2 heterocycles. The van der Waals surface area contributed by atoms with E-state index in [1.807, 2.05) is 24.4 Å². The molecule has 0 bridgehead atoms. The second kappa shape index (κ2) is 10.2. The van der Waals surface area contributed by atoms with Crippen LogP contribution in [0.5, 0.6) is 0 Å². The van der Waals surface area contributed by atoms with Crippen molar-refractivity contribution in [3.63, 3.8) is 0 Å². The molecule has 1 aromatic heterocycles. The number of aromatic nitrogens is 1. The summed E-state index contributed by atoms with van der Waals surface area (Å²) in [4.78, 5) is 18.2. The number of anilines is 1. The largest absolute Gasteiger partial charge is 0.371 e. The molecule has 1 saturated heterocycles. The molecule has 0 aliphatic carbocycles. The summed E-state index contributed by atoms with van der Waals surface area (Å²) < 4.78 is 0. The van der Waals surface area contributed by atoms with Gasteiger partial charge in [-0.15, -0.1) is 0 Å². The van der Waals surface area contributed by atoms with Gasteiger partial charge < -0.3 is 10.2 Å². The highest BCUT2D eigenvalue weighted by Gasteiger charge is 2.20. The summed E-state index contributed by atoms with van der Waals surface area (Å²) in [6.45, 7) is 7.05. The molecule has 1 fully saturated rings. The number of piperidine rings is 1. The normalized spacial score (nSPS) is 15.2. The van der Waals surface area contributed by atoms with Gasteiger partial charge in [-0.25, -0.2) is 5.48 Å². The summed E-state index contributed by atoms with van der Waals surface area (Å²) in [6, 6.07) is 12.8. The van der Waals surface area contributed by atoms with Gasteiger partial charge in [0.05, 0.1) is 5.69 Å². The number of hydrogen-bond donors (Lipinski definition) is 3. The predicted molar refractivity (Wildman–Crippen MR) is 116 cm³/mol. The van der Waals surface area contributed by atoms with Gasteiger partial charge in [0, 0.05) is 43.6 Å². The number of amides is 1. The maximum absolute atomic E-state index is 11.3. The van der Waals surface area contributed by atoms with Gasteiger partial charge in [0.1, 0.15) is 0 Å². The topological polar surface area (TPSA) is 77.5 Å². The highest BCUT2D eigenvalue weighted by molar-refractivity contribution is 5.91. The smallest absolute Gasteiger partial charge is 0.267 e. The minimum absolute atomic E-state index is 0.473. The van der Waals surface area contributed by atoms with E-state index in [1.54, 1.807) is 11.6 Å². The predicted octanol–water partition coefficient (Wildman–Crippen LogP) is 3.48. The van der Waals surface area contributed by atoms with Crippen LogP contribution in [0, 0.1) is 0 Å². The van der Waals surface area contributed by atoms with Gasteiger partial charge in [-0.05, 0) is 48.1 Å². The maximum Gasteiger partial charge on any atom is 0.267 e. The standard InChI is InChI=1S/C23H30N4O2/c1-17(2)19-7-9-21(24-15-19)16-25-20-11-13-27(14-12-20)22-6-4-3-5-18(22)8-10-23(28)26-29/h3-10,15,17,20,25,29H,11-14,16H2,1-2H3,(H,26,28)/b10-8+. The molecule has 0 unspecified atom stereocenters. The highest BCUT2D eigenvalue weighted by Crippen LogP contribution is 2.25. The van der Waals surface area contributed by atoms with Crippen LogP contribution in [0.25, 0.3) is 6.08 Å². The first-order chi connectivity index (χ1) is 14.1.